The number of hydrogen-bond donors (Lipinski definition) is 2. The number of nitro groups is 1. The maximum Gasteiger partial charge on any atom is 0.313 e. The van der Waals surface area contributed by atoms with Gasteiger partial charge in [0.05, 0.1) is 4.92 Å². The van der Waals surface area contributed by atoms with Gasteiger partial charge in [0.15, 0.2) is 0 Å². The van der Waals surface area contributed by atoms with Gasteiger partial charge in [-0.1, -0.05) is 11.6 Å². The summed E-state index contributed by atoms with van der Waals surface area (Å²) in [7, 11) is 0. The number of anilines is 1. The fourth-order valence-corrected chi connectivity index (χ4v) is 1.47. The smallest absolute Gasteiger partial charge is 0.313 e. The molecule has 0 aliphatic rings. The number of halogens is 1. The summed E-state index contributed by atoms with van der Waals surface area (Å²) >= 11 is 5.70. The molecule has 0 unspecified atom stereocenters. The number of nitrogen functional groups attached to an aromatic ring is 1. The van der Waals surface area contributed by atoms with Crippen LogP contribution < -0.4 is 16.0 Å². The van der Waals surface area contributed by atoms with Crippen LogP contribution in [0.15, 0.2) is 30.5 Å². The first-order valence-electron chi connectivity index (χ1n) is 5.01. The van der Waals surface area contributed by atoms with Gasteiger partial charge in [-0.2, -0.15) is 4.98 Å². The van der Waals surface area contributed by atoms with E-state index in [9.17, 15) is 10.1 Å². The molecule has 0 fully saturated rings. The third kappa shape index (κ3) is 3.06. The van der Waals surface area contributed by atoms with Crippen LogP contribution >= 0.6 is 11.6 Å². The predicted octanol–water partition coefficient (Wildman–Crippen LogP) is 2.12. The average molecular weight is 282 g/mol. The van der Waals surface area contributed by atoms with E-state index in [4.69, 9.17) is 22.2 Å². The Labute approximate surface area is 112 Å². The number of rotatable bonds is 4. The molecule has 0 radical (unpaired) electrons. The number of ether oxygens (including phenoxy) is 1. The van der Waals surface area contributed by atoms with Crippen molar-refractivity contribution in [3.63, 3.8) is 0 Å². The number of nitrogens with two attached hydrogens (primary N) is 1. The van der Waals surface area contributed by atoms with E-state index in [1.54, 1.807) is 0 Å². The molecule has 98 valence electrons. The fraction of sp³-hybridized carbons (Fsp3) is 0. The van der Waals surface area contributed by atoms with E-state index in [1.165, 1.54) is 30.5 Å². The molecule has 8 nitrogen and oxygen atoms in total. The largest absolute Gasteiger partial charge is 0.432 e. The Hall–Kier alpha value is -2.45. The first kappa shape index (κ1) is 13.0. The van der Waals surface area contributed by atoms with Crippen molar-refractivity contribution in [3.05, 3.63) is 45.6 Å². The van der Waals surface area contributed by atoms with E-state index < -0.39 is 4.92 Å². The van der Waals surface area contributed by atoms with E-state index in [-0.39, 0.29) is 28.3 Å². The minimum atomic E-state index is -0.593. The maximum absolute atomic E-state index is 10.9. The van der Waals surface area contributed by atoms with Gasteiger partial charge in [0, 0.05) is 23.4 Å². The fourth-order valence-electron chi connectivity index (χ4n) is 1.30. The highest BCUT2D eigenvalue weighted by Gasteiger charge is 2.17. The monoisotopic (exact) mass is 281 g/mol. The van der Waals surface area contributed by atoms with Gasteiger partial charge < -0.3 is 4.74 Å². The molecule has 19 heavy (non-hydrogen) atoms. The third-order valence-electron chi connectivity index (χ3n) is 2.09. The molecule has 3 N–H and O–H groups in total. The van der Waals surface area contributed by atoms with Crippen molar-refractivity contribution in [2.45, 2.75) is 0 Å². The molecule has 1 heterocycles. The van der Waals surface area contributed by atoms with Crippen molar-refractivity contribution in [1.29, 1.82) is 0 Å². The van der Waals surface area contributed by atoms with Gasteiger partial charge in [0.1, 0.15) is 0 Å². The lowest BCUT2D eigenvalue weighted by Gasteiger charge is -2.06. The Morgan fingerprint density at radius 1 is 1.42 bits per heavy atom. The summed E-state index contributed by atoms with van der Waals surface area (Å²) in [6.07, 6.45) is 1.40. The average Bonchev–Trinajstić information content (AvgIpc) is 2.41. The quantitative estimate of drug-likeness (QED) is 0.501. The summed E-state index contributed by atoms with van der Waals surface area (Å²) in [4.78, 5) is 18.0. The highest BCUT2D eigenvalue weighted by Crippen LogP contribution is 2.32. The van der Waals surface area contributed by atoms with Crippen LogP contribution in [0.1, 0.15) is 0 Å². The molecule has 1 aromatic heterocycles. The SMILES string of the molecule is NNc1nccc(Oc2ccc(Cl)cc2[N+](=O)[O-])n1. The van der Waals surface area contributed by atoms with E-state index in [2.05, 4.69) is 15.4 Å². The number of hydrazine groups is 1. The number of nitro benzene ring substituents is 1. The number of nitrogens with one attached hydrogen (secondary N) is 1. The number of hydrogen-bond acceptors (Lipinski definition) is 7. The second kappa shape index (κ2) is 5.46. The van der Waals surface area contributed by atoms with Crippen molar-refractivity contribution >= 4 is 23.2 Å². The Balaban J connectivity index is 2.34. The minimum Gasteiger partial charge on any atom is -0.432 e. The van der Waals surface area contributed by atoms with Crippen LogP contribution in [0.3, 0.4) is 0 Å². The zero-order chi connectivity index (χ0) is 13.8. The van der Waals surface area contributed by atoms with Crippen LogP contribution in [0.25, 0.3) is 0 Å². The highest BCUT2D eigenvalue weighted by atomic mass is 35.5. The van der Waals surface area contributed by atoms with E-state index in [1.807, 2.05) is 0 Å². The summed E-state index contributed by atoms with van der Waals surface area (Å²) in [5, 5.41) is 11.1. The van der Waals surface area contributed by atoms with Crippen LogP contribution in [0.2, 0.25) is 5.02 Å². The molecule has 0 saturated carbocycles. The summed E-state index contributed by atoms with van der Waals surface area (Å²) in [6, 6.07) is 5.50. The van der Waals surface area contributed by atoms with Gasteiger partial charge in [-0.3, -0.25) is 15.5 Å². The van der Waals surface area contributed by atoms with Gasteiger partial charge in [-0.05, 0) is 12.1 Å². The molecule has 2 aromatic rings. The zero-order valence-electron chi connectivity index (χ0n) is 9.41. The number of benzene rings is 1. The first-order valence-corrected chi connectivity index (χ1v) is 5.39. The lowest BCUT2D eigenvalue weighted by Crippen LogP contribution is -2.10. The van der Waals surface area contributed by atoms with Crippen LogP contribution in [-0.4, -0.2) is 14.9 Å². The minimum absolute atomic E-state index is 0.0241. The van der Waals surface area contributed by atoms with E-state index in [0.29, 0.717) is 0 Å². The second-order valence-electron chi connectivity index (χ2n) is 3.33. The molecule has 9 heteroatoms. The Morgan fingerprint density at radius 2 is 2.21 bits per heavy atom. The lowest BCUT2D eigenvalue weighted by atomic mass is 10.3. The lowest BCUT2D eigenvalue weighted by molar-refractivity contribution is -0.385. The molecule has 2 rings (SSSR count). The highest BCUT2D eigenvalue weighted by molar-refractivity contribution is 6.30. The molecule has 0 bridgehead atoms. The van der Waals surface area contributed by atoms with Gasteiger partial charge >= 0.3 is 5.69 Å². The maximum atomic E-state index is 10.9. The molecule has 0 saturated heterocycles. The van der Waals surface area contributed by atoms with E-state index in [0.717, 1.165) is 0 Å². The predicted molar refractivity (Wildman–Crippen MR) is 68.0 cm³/mol. The molecule has 0 spiro atoms. The zero-order valence-corrected chi connectivity index (χ0v) is 10.2. The van der Waals surface area contributed by atoms with Gasteiger partial charge in [-0.15, -0.1) is 0 Å². The van der Waals surface area contributed by atoms with Crippen LogP contribution in [0, 0.1) is 10.1 Å². The molecular formula is C10H8ClN5O3. The normalized spacial score (nSPS) is 10.0. The number of aromatic nitrogens is 2. The molecular weight excluding hydrogens is 274 g/mol. The molecule has 1 aromatic carbocycles. The van der Waals surface area contributed by atoms with Crippen LogP contribution in [0.4, 0.5) is 11.6 Å². The summed E-state index contributed by atoms with van der Waals surface area (Å²) in [5.74, 6) is 5.43. The summed E-state index contributed by atoms with van der Waals surface area (Å²) in [6.45, 7) is 0. The van der Waals surface area contributed by atoms with Crippen molar-refractivity contribution in [2.24, 2.45) is 5.84 Å². The molecule has 0 aliphatic heterocycles. The van der Waals surface area contributed by atoms with E-state index >= 15 is 0 Å². The Bertz CT molecular complexity index is 622. The number of nitrogens with zero attached hydrogens (tertiary/aromatic N) is 3. The van der Waals surface area contributed by atoms with Crippen molar-refractivity contribution in [1.82, 2.24) is 9.97 Å². The summed E-state index contributed by atoms with van der Waals surface area (Å²) < 4.78 is 5.32. The standard InChI is InChI=1S/C10H8ClN5O3/c11-6-1-2-8(7(5-6)16(17)18)19-9-3-4-13-10(14-9)15-12/h1-5H,12H2,(H,13,14,15). The van der Waals surface area contributed by atoms with Gasteiger partial charge in [0.25, 0.3) is 0 Å². The van der Waals surface area contributed by atoms with Gasteiger partial charge in [-0.25, -0.2) is 10.8 Å². The molecule has 0 atom stereocenters. The van der Waals surface area contributed by atoms with Crippen molar-refractivity contribution < 1.29 is 9.66 Å². The molecule has 0 amide bonds. The van der Waals surface area contributed by atoms with Crippen LogP contribution in [-0.2, 0) is 0 Å². The van der Waals surface area contributed by atoms with Crippen molar-refractivity contribution in [3.8, 4) is 11.6 Å². The van der Waals surface area contributed by atoms with Crippen molar-refractivity contribution in [2.75, 3.05) is 5.43 Å². The first-order chi connectivity index (χ1) is 9.10. The third-order valence-corrected chi connectivity index (χ3v) is 2.33. The Morgan fingerprint density at radius 3 is 2.89 bits per heavy atom. The van der Waals surface area contributed by atoms with Crippen LogP contribution in [0.5, 0.6) is 11.6 Å². The summed E-state index contributed by atoms with van der Waals surface area (Å²) in [5.41, 5.74) is 1.99. The second-order valence-corrected chi connectivity index (χ2v) is 3.77. The molecule has 0 aliphatic carbocycles. The Kier molecular flexibility index (Phi) is 3.74. The topological polar surface area (TPSA) is 116 Å². The van der Waals surface area contributed by atoms with Gasteiger partial charge in [0.2, 0.25) is 17.6 Å².